The van der Waals surface area contributed by atoms with E-state index in [2.05, 4.69) is 41.0 Å². The second-order valence-corrected chi connectivity index (χ2v) is 9.40. The minimum atomic E-state index is -0.850. The van der Waals surface area contributed by atoms with Crippen molar-refractivity contribution in [2.45, 2.75) is 63.1 Å². The van der Waals surface area contributed by atoms with Crippen molar-refractivity contribution in [2.75, 3.05) is 13.6 Å². The fourth-order valence-electron chi connectivity index (χ4n) is 5.38. The summed E-state index contributed by atoms with van der Waals surface area (Å²) in [5.41, 5.74) is 4.61. The number of nitrogens with zero attached hydrogens (tertiary/aromatic N) is 1. The molecule has 2 atom stereocenters. The highest BCUT2D eigenvalue weighted by molar-refractivity contribution is 5.73. The Morgan fingerprint density at radius 1 is 1.21 bits per heavy atom. The number of carboxylic acids is 1. The number of benzene rings is 2. The van der Waals surface area contributed by atoms with Crippen LogP contribution in [0.5, 0.6) is 5.75 Å². The van der Waals surface area contributed by atoms with E-state index < -0.39 is 12.0 Å². The zero-order valence-electron chi connectivity index (χ0n) is 19.2. The highest BCUT2D eigenvalue weighted by Gasteiger charge is 2.30. The van der Waals surface area contributed by atoms with Crippen molar-refractivity contribution in [1.82, 2.24) is 10.6 Å². The molecule has 0 amide bonds. The number of hydrogen-bond donors (Lipinski definition) is 3. The quantitative estimate of drug-likeness (QED) is 0.567. The van der Waals surface area contributed by atoms with Gasteiger partial charge in [-0.25, -0.2) is 0 Å². The van der Waals surface area contributed by atoms with Crippen molar-refractivity contribution < 1.29 is 14.6 Å². The smallest absolute Gasteiger partial charge is 0.320 e. The molecule has 2 aromatic carbocycles. The highest BCUT2D eigenvalue weighted by Crippen LogP contribution is 2.38. The van der Waals surface area contributed by atoms with Crippen molar-refractivity contribution in [2.24, 2.45) is 5.92 Å². The number of nitriles is 1. The van der Waals surface area contributed by atoms with Gasteiger partial charge < -0.3 is 20.5 Å². The number of aliphatic carboxylic acids is 1. The van der Waals surface area contributed by atoms with Crippen LogP contribution < -0.4 is 15.4 Å². The summed E-state index contributed by atoms with van der Waals surface area (Å²) < 4.78 is 6.06. The number of carboxylic acid groups (broad SMARTS) is 1. The average molecular weight is 448 g/mol. The van der Waals surface area contributed by atoms with E-state index in [1.165, 1.54) is 36.8 Å². The molecule has 1 heterocycles. The Kier molecular flexibility index (Phi) is 7.64. The minimum Gasteiger partial charge on any atom is -0.489 e. The van der Waals surface area contributed by atoms with E-state index in [1.807, 2.05) is 19.2 Å². The predicted octanol–water partition coefficient (Wildman–Crippen LogP) is 3.99. The summed E-state index contributed by atoms with van der Waals surface area (Å²) in [6.45, 7) is 1.41. The molecule has 6 nitrogen and oxygen atoms in total. The molecular formula is C27H33N3O3. The van der Waals surface area contributed by atoms with Crippen molar-refractivity contribution >= 4 is 5.97 Å². The molecule has 1 saturated heterocycles. The topological polar surface area (TPSA) is 94.4 Å². The molecule has 174 valence electrons. The van der Waals surface area contributed by atoms with Gasteiger partial charge in [0.2, 0.25) is 0 Å². The second-order valence-electron chi connectivity index (χ2n) is 9.40. The Morgan fingerprint density at radius 3 is 2.70 bits per heavy atom. The van der Waals surface area contributed by atoms with Crippen LogP contribution in [0.4, 0.5) is 0 Å². The largest absolute Gasteiger partial charge is 0.489 e. The number of ether oxygens (including phenoxy) is 1. The molecule has 0 unspecified atom stereocenters. The van der Waals surface area contributed by atoms with Gasteiger partial charge in [-0.15, -0.1) is 0 Å². The van der Waals surface area contributed by atoms with E-state index in [-0.39, 0.29) is 6.10 Å². The Balaban J connectivity index is 1.37. The molecule has 3 N–H and O–H groups in total. The Morgan fingerprint density at radius 2 is 2.00 bits per heavy atom. The first-order valence-corrected chi connectivity index (χ1v) is 11.9. The predicted molar refractivity (Wildman–Crippen MR) is 127 cm³/mol. The van der Waals surface area contributed by atoms with Gasteiger partial charge in [0, 0.05) is 19.5 Å². The maximum atomic E-state index is 11.2. The van der Waals surface area contributed by atoms with Crippen LogP contribution in [0.2, 0.25) is 0 Å². The lowest BCUT2D eigenvalue weighted by Gasteiger charge is -2.30. The average Bonchev–Trinajstić information content (AvgIpc) is 3.29. The summed E-state index contributed by atoms with van der Waals surface area (Å²) in [6, 6.07) is 16.2. The van der Waals surface area contributed by atoms with E-state index in [9.17, 15) is 15.2 Å². The molecule has 0 radical (unpaired) electrons. The monoisotopic (exact) mass is 447 g/mol. The molecule has 1 aliphatic carbocycles. The van der Waals surface area contributed by atoms with Crippen LogP contribution in [-0.4, -0.2) is 36.8 Å². The number of rotatable bonds is 8. The molecule has 33 heavy (non-hydrogen) atoms. The van der Waals surface area contributed by atoms with Gasteiger partial charge in [-0.1, -0.05) is 24.3 Å². The van der Waals surface area contributed by atoms with E-state index in [0.717, 1.165) is 18.5 Å². The highest BCUT2D eigenvalue weighted by atomic mass is 16.5. The normalized spacial score (nSPS) is 24.8. The molecular weight excluding hydrogens is 414 g/mol. The summed E-state index contributed by atoms with van der Waals surface area (Å²) in [4.78, 5) is 11.2. The summed E-state index contributed by atoms with van der Waals surface area (Å²) in [6.07, 6.45) is 5.92. The zero-order chi connectivity index (χ0) is 23.2. The van der Waals surface area contributed by atoms with Crippen LogP contribution in [0.25, 0.3) is 0 Å². The van der Waals surface area contributed by atoms with Crippen molar-refractivity contribution in [1.29, 1.82) is 5.26 Å². The third-order valence-corrected chi connectivity index (χ3v) is 7.02. The first-order valence-electron chi connectivity index (χ1n) is 11.9. The molecule has 2 aliphatic rings. The molecule has 1 saturated carbocycles. The zero-order valence-corrected chi connectivity index (χ0v) is 19.2. The maximum Gasteiger partial charge on any atom is 0.320 e. The van der Waals surface area contributed by atoms with Crippen LogP contribution in [-0.2, 0) is 17.8 Å². The fourth-order valence-corrected chi connectivity index (χ4v) is 5.38. The van der Waals surface area contributed by atoms with Gasteiger partial charge in [0.25, 0.3) is 0 Å². The summed E-state index contributed by atoms with van der Waals surface area (Å²) in [5.74, 6) is 1.03. The third-order valence-electron chi connectivity index (χ3n) is 7.02. The van der Waals surface area contributed by atoms with Gasteiger partial charge in [0.15, 0.2) is 0 Å². The van der Waals surface area contributed by atoms with Gasteiger partial charge >= 0.3 is 5.97 Å². The summed E-state index contributed by atoms with van der Waals surface area (Å²) in [7, 11) is 1.99. The SMILES string of the molecule is CNCc1ccccc1[C@H]1CC[C@H](Cc2cc(C#N)cc(O[C@@H]3CN[C@H](C(=O)O)C3)c2)CC1. The molecule has 0 bridgehead atoms. The van der Waals surface area contributed by atoms with E-state index in [4.69, 9.17) is 4.74 Å². The van der Waals surface area contributed by atoms with Gasteiger partial charge in [-0.2, -0.15) is 5.26 Å². The van der Waals surface area contributed by atoms with Crippen LogP contribution in [0, 0.1) is 17.2 Å². The maximum absolute atomic E-state index is 11.2. The van der Waals surface area contributed by atoms with E-state index >= 15 is 0 Å². The standard InChI is InChI=1S/C27H33N3O3/c1-29-16-22-4-2-3-5-25(22)21-8-6-18(7-9-21)10-19-11-20(15-28)13-23(12-19)33-24-14-26(27(31)32)30-17-24/h2-5,11-13,18,21,24,26,29-30H,6-10,14,16-17H2,1H3,(H,31,32)/t18-,21-,24-,26-/m0/s1. The molecule has 6 heteroatoms. The van der Waals surface area contributed by atoms with Crippen molar-refractivity contribution in [3.63, 3.8) is 0 Å². The fraction of sp³-hybridized carbons (Fsp3) is 0.481. The van der Waals surface area contributed by atoms with E-state index in [0.29, 0.717) is 36.1 Å². The van der Waals surface area contributed by atoms with Gasteiger partial charge in [-0.05, 0) is 85.9 Å². The lowest BCUT2D eigenvalue weighted by Crippen LogP contribution is -2.30. The summed E-state index contributed by atoms with van der Waals surface area (Å²) in [5, 5.41) is 24.9. The lowest BCUT2D eigenvalue weighted by atomic mass is 9.75. The summed E-state index contributed by atoms with van der Waals surface area (Å²) >= 11 is 0. The van der Waals surface area contributed by atoms with Crippen molar-refractivity contribution in [3.8, 4) is 11.8 Å². The van der Waals surface area contributed by atoms with E-state index in [1.54, 1.807) is 6.07 Å². The molecule has 2 aromatic rings. The number of hydrogen-bond acceptors (Lipinski definition) is 5. The minimum absolute atomic E-state index is 0.194. The third kappa shape index (κ3) is 5.93. The molecule has 0 spiro atoms. The van der Waals surface area contributed by atoms with Gasteiger partial charge in [0.05, 0.1) is 11.6 Å². The van der Waals surface area contributed by atoms with Gasteiger partial charge in [0.1, 0.15) is 17.9 Å². The molecule has 2 fully saturated rings. The Bertz CT molecular complexity index is 1010. The second kappa shape index (κ2) is 10.8. The van der Waals surface area contributed by atoms with Crippen LogP contribution in [0.1, 0.15) is 60.3 Å². The first-order chi connectivity index (χ1) is 16.1. The van der Waals surface area contributed by atoms with Gasteiger partial charge in [-0.3, -0.25) is 4.79 Å². The van der Waals surface area contributed by atoms with Crippen LogP contribution in [0.3, 0.4) is 0 Å². The van der Waals surface area contributed by atoms with Crippen LogP contribution >= 0.6 is 0 Å². The lowest BCUT2D eigenvalue weighted by molar-refractivity contribution is -0.139. The Labute approximate surface area is 196 Å². The van der Waals surface area contributed by atoms with Crippen molar-refractivity contribution in [3.05, 3.63) is 64.7 Å². The molecule has 4 rings (SSSR count). The number of nitrogens with one attached hydrogen (secondary N) is 2. The van der Waals surface area contributed by atoms with Crippen LogP contribution in [0.15, 0.2) is 42.5 Å². The first kappa shape index (κ1) is 23.3. The molecule has 0 aromatic heterocycles. The number of carbonyl (C=O) groups is 1. The molecule has 1 aliphatic heterocycles. The Hall–Kier alpha value is -2.88.